The number of aliphatic hydroxyl groups is 1. The predicted molar refractivity (Wildman–Crippen MR) is 62.3 cm³/mol. The van der Waals surface area contributed by atoms with Crippen LogP contribution in [0.4, 0.5) is 0 Å². The van der Waals surface area contributed by atoms with Crippen LogP contribution in [0.25, 0.3) is 0 Å². The van der Waals surface area contributed by atoms with Gasteiger partial charge in [0.25, 0.3) is 0 Å². The fourth-order valence-corrected chi connectivity index (χ4v) is 3.25. The quantitative estimate of drug-likeness (QED) is 0.730. The van der Waals surface area contributed by atoms with E-state index in [1.165, 1.54) is 24.8 Å². The summed E-state index contributed by atoms with van der Waals surface area (Å²) in [7, 11) is 0. The Bertz CT molecular complexity index is 300. The molecule has 2 atom stereocenters. The highest BCUT2D eigenvalue weighted by Gasteiger charge is 2.50. The summed E-state index contributed by atoms with van der Waals surface area (Å²) in [5.74, 6) is 0. The highest BCUT2D eigenvalue weighted by Crippen LogP contribution is 2.44. The maximum Gasteiger partial charge on any atom is 0.0625 e. The second-order valence-corrected chi connectivity index (χ2v) is 5.66. The summed E-state index contributed by atoms with van der Waals surface area (Å²) in [6.45, 7) is 6.15. The summed E-state index contributed by atoms with van der Waals surface area (Å²) < 4.78 is 5.82. The SMILES string of the molecule is C=C1CN2C(COC3CC3)CCC2(CO)C1. The van der Waals surface area contributed by atoms with Crippen LogP contribution in [0.5, 0.6) is 0 Å². The first-order valence-electron chi connectivity index (χ1n) is 6.39. The fraction of sp³-hybridized carbons (Fsp3) is 0.846. The number of hydrogen-bond acceptors (Lipinski definition) is 3. The van der Waals surface area contributed by atoms with Crippen molar-refractivity contribution < 1.29 is 9.84 Å². The lowest BCUT2D eigenvalue weighted by molar-refractivity contribution is 0.0278. The topological polar surface area (TPSA) is 32.7 Å². The molecular formula is C13H21NO2. The molecule has 0 aromatic rings. The second-order valence-electron chi connectivity index (χ2n) is 5.66. The Morgan fingerprint density at radius 2 is 2.25 bits per heavy atom. The van der Waals surface area contributed by atoms with E-state index in [0.717, 1.165) is 26.0 Å². The summed E-state index contributed by atoms with van der Waals surface area (Å²) >= 11 is 0. The van der Waals surface area contributed by atoms with E-state index < -0.39 is 0 Å². The van der Waals surface area contributed by atoms with Gasteiger partial charge in [-0.1, -0.05) is 12.2 Å². The number of ether oxygens (including phenoxy) is 1. The smallest absolute Gasteiger partial charge is 0.0625 e. The molecule has 0 aromatic heterocycles. The average molecular weight is 223 g/mol. The minimum Gasteiger partial charge on any atom is -0.394 e. The molecular weight excluding hydrogens is 202 g/mol. The zero-order valence-corrected chi connectivity index (χ0v) is 9.82. The minimum absolute atomic E-state index is 0.00859. The number of rotatable bonds is 4. The Morgan fingerprint density at radius 1 is 1.44 bits per heavy atom. The molecule has 1 N–H and O–H groups in total. The Hall–Kier alpha value is -0.380. The highest BCUT2D eigenvalue weighted by atomic mass is 16.5. The van der Waals surface area contributed by atoms with E-state index in [1.807, 2.05) is 0 Å². The van der Waals surface area contributed by atoms with Gasteiger partial charge in [0.2, 0.25) is 0 Å². The summed E-state index contributed by atoms with van der Waals surface area (Å²) in [6, 6.07) is 0.506. The van der Waals surface area contributed by atoms with Gasteiger partial charge in [0, 0.05) is 18.1 Å². The van der Waals surface area contributed by atoms with Crippen LogP contribution in [-0.2, 0) is 4.74 Å². The lowest BCUT2D eigenvalue weighted by Crippen LogP contribution is -2.46. The molecule has 3 rings (SSSR count). The Morgan fingerprint density at radius 3 is 2.94 bits per heavy atom. The molecule has 3 fully saturated rings. The zero-order valence-electron chi connectivity index (χ0n) is 9.82. The third-order valence-electron chi connectivity index (χ3n) is 4.31. The van der Waals surface area contributed by atoms with Crippen molar-refractivity contribution in [3.05, 3.63) is 12.2 Å². The van der Waals surface area contributed by atoms with Crippen molar-refractivity contribution in [3.8, 4) is 0 Å². The lowest BCUT2D eigenvalue weighted by atomic mass is 9.94. The van der Waals surface area contributed by atoms with E-state index in [1.54, 1.807) is 0 Å². The first-order valence-corrected chi connectivity index (χ1v) is 6.39. The van der Waals surface area contributed by atoms with Crippen molar-refractivity contribution in [2.75, 3.05) is 19.8 Å². The number of hydrogen-bond donors (Lipinski definition) is 1. The molecule has 3 aliphatic rings. The first-order chi connectivity index (χ1) is 7.73. The molecule has 3 heteroatoms. The third kappa shape index (κ3) is 1.71. The molecule has 0 aromatic carbocycles. The van der Waals surface area contributed by atoms with Gasteiger partial charge in [-0.3, -0.25) is 4.90 Å². The van der Waals surface area contributed by atoms with Gasteiger partial charge in [-0.05, 0) is 32.1 Å². The fourth-order valence-electron chi connectivity index (χ4n) is 3.25. The molecule has 3 nitrogen and oxygen atoms in total. The first kappa shape index (κ1) is 10.8. The maximum atomic E-state index is 9.63. The van der Waals surface area contributed by atoms with Crippen molar-refractivity contribution in [3.63, 3.8) is 0 Å². The molecule has 0 amide bonds. The Balaban J connectivity index is 1.65. The van der Waals surface area contributed by atoms with Crippen LogP contribution in [0.2, 0.25) is 0 Å². The number of fused-ring (bicyclic) bond motifs is 1. The van der Waals surface area contributed by atoms with Crippen molar-refractivity contribution in [2.45, 2.75) is 49.8 Å². The normalized spacial score (nSPS) is 39.3. The summed E-state index contributed by atoms with van der Waals surface area (Å²) in [5, 5.41) is 9.63. The van der Waals surface area contributed by atoms with Gasteiger partial charge in [-0.15, -0.1) is 0 Å². The highest BCUT2D eigenvalue weighted by molar-refractivity contribution is 5.19. The van der Waals surface area contributed by atoms with Gasteiger partial charge in [0.15, 0.2) is 0 Å². The molecule has 2 saturated heterocycles. The molecule has 0 radical (unpaired) electrons. The van der Waals surface area contributed by atoms with Gasteiger partial charge < -0.3 is 9.84 Å². The van der Waals surface area contributed by atoms with Crippen LogP contribution in [0, 0.1) is 0 Å². The summed E-state index contributed by atoms with van der Waals surface area (Å²) in [6.07, 6.45) is 6.26. The standard InChI is InChI=1S/C13H21NO2/c1-10-6-13(9-15)5-4-11(14(13)7-10)8-16-12-2-3-12/h11-12,15H,1-9H2. The van der Waals surface area contributed by atoms with Gasteiger partial charge in [-0.2, -0.15) is 0 Å². The number of nitrogens with zero attached hydrogens (tertiary/aromatic N) is 1. The van der Waals surface area contributed by atoms with Crippen LogP contribution in [-0.4, -0.2) is 47.4 Å². The van der Waals surface area contributed by atoms with Crippen LogP contribution in [0.3, 0.4) is 0 Å². The summed E-state index contributed by atoms with van der Waals surface area (Å²) in [4.78, 5) is 2.44. The number of aliphatic hydroxyl groups excluding tert-OH is 1. The maximum absolute atomic E-state index is 9.63. The van der Waals surface area contributed by atoms with E-state index in [0.29, 0.717) is 12.1 Å². The van der Waals surface area contributed by atoms with Gasteiger partial charge >= 0.3 is 0 Å². The third-order valence-corrected chi connectivity index (χ3v) is 4.31. The van der Waals surface area contributed by atoms with Crippen molar-refractivity contribution in [1.82, 2.24) is 4.90 Å². The Labute approximate surface area is 97.1 Å². The second kappa shape index (κ2) is 3.83. The van der Waals surface area contributed by atoms with Crippen molar-refractivity contribution in [1.29, 1.82) is 0 Å². The average Bonchev–Trinajstić information content (AvgIpc) is 2.95. The van der Waals surface area contributed by atoms with Gasteiger partial charge in [0.05, 0.1) is 19.3 Å². The molecule has 2 heterocycles. The van der Waals surface area contributed by atoms with Crippen molar-refractivity contribution >= 4 is 0 Å². The zero-order chi connectivity index (χ0) is 11.2. The van der Waals surface area contributed by atoms with E-state index >= 15 is 0 Å². The molecule has 0 bridgehead atoms. The Kier molecular flexibility index (Phi) is 2.57. The van der Waals surface area contributed by atoms with E-state index in [2.05, 4.69) is 11.5 Å². The molecule has 0 spiro atoms. The molecule has 1 aliphatic carbocycles. The molecule has 2 unspecified atom stereocenters. The molecule has 90 valence electrons. The van der Waals surface area contributed by atoms with Gasteiger partial charge in [-0.25, -0.2) is 0 Å². The monoisotopic (exact) mass is 223 g/mol. The molecule has 2 aliphatic heterocycles. The van der Waals surface area contributed by atoms with E-state index in [4.69, 9.17) is 4.74 Å². The van der Waals surface area contributed by atoms with Crippen LogP contribution < -0.4 is 0 Å². The van der Waals surface area contributed by atoms with E-state index in [9.17, 15) is 5.11 Å². The lowest BCUT2D eigenvalue weighted by Gasteiger charge is -2.32. The van der Waals surface area contributed by atoms with Crippen LogP contribution >= 0.6 is 0 Å². The summed E-state index contributed by atoms with van der Waals surface area (Å²) in [5.41, 5.74) is 1.28. The van der Waals surface area contributed by atoms with Gasteiger partial charge in [0.1, 0.15) is 0 Å². The van der Waals surface area contributed by atoms with E-state index in [-0.39, 0.29) is 12.1 Å². The van der Waals surface area contributed by atoms with Crippen LogP contribution in [0.15, 0.2) is 12.2 Å². The minimum atomic E-state index is 0.00859. The molecule has 16 heavy (non-hydrogen) atoms. The van der Waals surface area contributed by atoms with Crippen LogP contribution in [0.1, 0.15) is 32.1 Å². The van der Waals surface area contributed by atoms with Crippen molar-refractivity contribution in [2.24, 2.45) is 0 Å². The predicted octanol–water partition coefficient (Wildman–Crippen LogP) is 1.32. The largest absolute Gasteiger partial charge is 0.394 e. The molecule has 1 saturated carbocycles.